The number of hydrogen-bond donors (Lipinski definition) is 1. The molecule has 7 heteroatoms. The van der Waals surface area contributed by atoms with Gasteiger partial charge in [0.05, 0.1) is 24.0 Å². The van der Waals surface area contributed by atoms with E-state index in [1.54, 1.807) is 0 Å². The van der Waals surface area contributed by atoms with Gasteiger partial charge in [0.25, 0.3) is 0 Å². The standard InChI is InChI=1S/C14H18ClFN4O/c15-11-7-17-13(18-8-11)20-5-3-14(16,4-6-20)9-19-12(21)10-1-2-10/h7-8,10H,1-6,9H2,(H,19,21). The molecule has 1 aromatic rings. The Bertz CT molecular complexity index is 512. The molecule has 0 aromatic carbocycles. The van der Waals surface area contributed by atoms with Crippen LogP contribution in [0, 0.1) is 5.92 Å². The molecule has 21 heavy (non-hydrogen) atoms. The molecule has 1 aliphatic carbocycles. The first kappa shape index (κ1) is 14.5. The Hall–Kier alpha value is -1.43. The van der Waals surface area contributed by atoms with Crippen LogP contribution in [0.5, 0.6) is 0 Å². The molecule has 5 nitrogen and oxygen atoms in total. The fourth-order valence-corrected chi connectivity index (χ4v) is 2.59. The molecular formula is C14H18ClFN4O. The van der Waals surface area contributed by atoms with Crippen molar-refractivity contribution >= 4 is 23.5 Å². The van der Waals surface area contributed by atoms with Crippen molar-refractivity contribution in [2.24, 2.45) is 5.92 Å². The van der Waals surface area contributed by atoms with Gasteiger partial charge in [-0.25, -0.2) is 14.4 Å². The van der Waals surface area contributed by atoms with Crippen LogP contribution in [0.1, 0.15) is 25.7 Å². The van der Waals surface area contributed by atoms with E-state index in [-0.39, 0.29) is 18.4 Å². The van der Waals surface area contributed by atoms with Gasteiger partial charge in [0.15, 0.2) is 0 Å². The first-order valence-electron chi connectivity index (χ1n) is 7.25. The van der Waals surface area contributed by atoms with E-state index in [1.165, 1.54) is 12.4 Å². The number of hydrogen-bond acceptors (Lipinski definition) is 4. The summed E-state index contributed by atoms with van der Waals surface area (Å²) in [7, 11) is 0. The van der Waals surface area contributed by atoms with Crippen LogP contribution in [-0.2, 0) is 4.79 Å². The summed E-state index contributed by atoms with van der Waals surface area (Å²) in [5.74, 6) is 0.690. The highest BCUT2D eigenvalue weighted by atomic mass is 35.5. The van der Waals surface area contributed by atoms with Crippen LogP contribution in [0.3, 0.4) is 0 Å². The van der Waals surface area contributed by atoms with Crippen LogP contribution in [0.4, 0.5) is 10.3 Å². The van der Waals surface area contributed by atoms with Crippen LogP contribution in [0.2, 0.25) is 5.02 Å². The van der Waals surface area contributed by atoms with Crippen molar-refractivity contribution in [1.82, 2.24) is 15.3 Å². The van der Waals surface area contributed by atoms with Crippen molar-refractivity contribution in [3.63, 3.8) is 0 Å². The maximum absolute atomic E-state index is 14.7. The van der Waals surface area contributed by atoms with Gasteiger partial charge in [-0.05, 0) is 12.8 Å². The summed E-state index contributed by atoms with van der Waals surface area (Å²) in [6.07, 6.45) is 5.68. The highest BCUT2D eigenvalue weighted by Crippen LogP contribution is 2.30. The fraction of sp³-hybridized carbons (Fsp3) is 0.643. The molecular weight excluding hydrogens is 295 g/mol. The van der Waals surface area contributed by atoms with Gasteiger partial charge in [0.2, 0.25) is 11.9 Å². The van der Waals surface area contributed by atoms with Gasteiger partial charge in [0.1, 0.15) is 5.67 Å². The van der Waals surface area contributed by atoms with Gasteiger partial charge < -0.3 is 10.2 Å². The average Bonchev–Trinajstić information content (AvgIpc) is 3.32. The molecule has 2 aliphatic rings. The molecule has 1 saturated heterocycles. The van der Waals surface area contributed by atoms with E-state index in [0.717, 1.165) is 12.8 Å². The van der Waals surface area contributed by atoms with Crippen molar-refractivity contribution in [2.45, 2.75) is 31.4 Å². The molecule has 0 radical (unpaired) electrons. The van der Waals surface area contributed by atoms with Crippen LogP contribution < -0.4 is 10.2 Å². The van der Waals surface area contributed by atoms with Gasteiger partial charge in [-0.1, -0.05) is 11.6 Å². The Morgan fingerprint density at radius 1 is 1.38 bits per heavy atom. The molecule has 1 saturated carbocycles. The summed E-state index contributed by atoms with van der Waals surface area (Å²) in [6.45, 7) is 1.19. The second kappa shape index (κ2) is 5.75. The van der Waals surface area contributed by atoms with Crippen molar-refractivity contribution < 1.29 is 9.18 Å². The summed E-state index contributed by atoms with van der Waals surface area (Å²) in [4.78, 5) is 21.8. The van der Waals surface area contributed by atoms with Crippen LogP contribution in [0.25, 0.3) is 0 Å². The number of anilines is 1. The summed E-state index contributed by atoms with van der Waals surface area (Å²) in [6, 6.07) is 0. The van der Waals surface area contributed by atoms with E-state index in [0.29, 0.717) is 36.9 Å². The zero-order valence-corrected chi connectivity index (χ0v) is 12.4. The number of carbonyl (C=O) groups excluding carboxylic acids is 1. The molecule has 0 unspecified atom stereocenters. The van der Waals surface area contributed by atoms with Gasteiger partial charge in [0, 0.05) is 31.8 Å². The Kier molecular flexibility index (Phi) is 3.97. The number of nitrogens with zero attached hydrogens (tertiary/aromatic N) is 3. The number of nitrogens with one attached hydrogen (secondary N) is 1. The molecule has 1 N–H and O–H groups in total. The minimum Gasteiger partial charge on any atom is -0.353 e. The van der Waals surface area contributed by atoms with Gasteiger partial charge >= 0.3 is 0 Å². The summed E-state index contributed by atoms with van der Waals surface area (Å²) in [5.41, 5.74) is -1.33. The average molecular weight is 313 g/mol. The summed E-state index contributed by atoms with van der Waals surface area (Å²) in [5, 5.41) is 3.22. The molecule has 2 fully saturated rings. The maximum Gasteiger partial charge on any atom is 0.225 e. The van der Waals surface area contributed by atoms with Gasteiger partial charge in [-0.3, -0.25) is 4.79 Å². The smallest absolute Gasteiger partial charge is 0.225 e. The minimum absolute atomic E-state index is 0.00418. The molecule has 2 heterocycles. The predicted molar refractivity (Wildman–Crippen MR) is 78.1 cm³/mol. The fourth-order valence-electron chi connectivity index (χ4n) is 2.49. The zero-order valence-electron chi connectivity index (χ0n) is 11.7. The lowest BCUT2D eigenvalue weighted by atomic mass is 9.93. The zero-order chi connectivity index (χ0) is 14.9. The Balaban J connectivity index is 1.51. The monoisotopic (exact) mass is 312 g/mol. The third kappa shape index (κ3) is 3.61. The minimum atomic E-state index is -1.33. The van der Waals surface area contributed by atoms with Crippen LogP contribution >= 0.6 is 11.6 Å². The highest BCUT2D eigenvalue weighted by molar-refractivity contribution is 6.30. The first-order chi connectivity index (χ1) is 10.1. The lowest BCUT2D eigenvalue weighted by Gasteiger charge is -2.36. The maximum atomic E-state index is 14.7. The number of aromatic nitrogens is 2. The molecule has 1 amide bonds. The second-order valence-electron chi connectivity index (χ2n) is 5.83. The van der Waals surface area contributed by atoms with E-state index in [1.807, 2.05) is 4.90 Å². The number of carbonyl (C=O) groups is 1. The topological polar surface area (TPSA) is 58.1 Å². The number of halogens is 2. The number of alkyl halides is 1. The Labute approximate surface area is 127 Å². The van der Waals surface area contributed by atoms with Crippen molar-refractivity contribution in [3.8, 4) is 0 Å². The SMILES string of the molecule is O=C(NCC1(F)CCN(c2ncc(Cl)cn2)CC1)C1CC1. The van der Waals surface area contributed by atoms with Gasteiger partial charge in [-0.15, -0.1) is 0 Å². The lowest BCUT2D eigenvalue weighted by molar-refractivity contribution is -0.123. The number of amides is 1. The third-order valence-electron chi connectivity index (χ3n) is 4.08. The molecule has 1 aliphatic heterocycles. The molecule has 0 atom stereocenters. The van der Waals surface area contributed by atoms with E-state index in [9.17, 15) is 9.18 Å². The first-order valence-corrected chi connectivity index (χ1v) is 7.63. The molecule has 0 spiro atoms. The number of rotatable bonds is 4. The van der Waals surface area contributed by atoms with E-state index in [4.69, 9.17) is 11.6 Å². The predicted octanol–water partition coefficient (Wildman–Crippen LogP) is 1.96. The highest BCUT2D eigenvalue weighted by Gasteiger charge is 2.37. The molecule has 1 aromatic heterocycles. The van der Waals surface area contributed by atoms with Crippen molar-refractivity contribution in [3.05, 3.63) is 17.4 Å². The van der Waals surface area contributed by atoms with E-state index >= 15 is 0 Å². The quantitative estimate of drug-likeness (QED) is 0.923. The lowest BCUT2D eigenvalue weighted by Crippen LogP contribution is -2.48. The Morgan fingerprint density at radius 3 is 2.57 bits per heavy atom. The molecule has 114 valence electrons. The summed E-state index contributed by atoms with van der Waals surface area (Å²) < 4.78 is 14.7. The van der Waals surface area contributed by atoms with E-state index in [2.05, 4.69) is 15.3 Å². The Morgan fingerprint density at radius 2 is 2.00 bits per heavy atom. The largest absolute Gasteiger partial charge is 0.353 e. The second-order valence-corrected chi connectivity index (χ2v) is 6.27. The van der Waals surface area contributed by atoms with E-state index < -0.39 is 5.67 Å². The summed E-state index contributed by atoms with van der Waals surface area (Å²) >= 11 is 5.75. The third-order valence-corrected chi connectivity index (χ3v) is 4.27. The van der Waals surface area contributed by atoms with Crippen molar-refractivity contribution in [2.75, 3.05) is 24.5 Å². The number of piperidine rings is 1. The normalized spacial score (nSPS) is 21.1. The van der Waals surface area contributed by atoms with Crippen molar-refractivity contribution in [1.29, 1.82) is 0 Å². The molecule has 0 bridgehead atoms. The molecule has 3 rings (SSSR count). The van der Waals surface area contributed by atoms with Crippen LogP contribution in [0.15, 0.2) is 12.4 Å². The van der Waals surface area contributed by atoms with Gasteiger partial charge in [-0.2, -0.15) is 0 Å². The van der Waals surface area contributed by atoms with Crippen LogP contribution in [-0.4, -0.2) is 41.2 Å².